The number of phosphoric ester groups is 1. The minimum atomic E-state index is -4.60. The Morgan fingerprint density at radius 3 is 0.824 bits per heavy atom. The van der Waals surface area contributed by atoms with Crippen LogP contribution in [0.15, 0.2) is 12.2 Å². The standard InChI is InChI=1S/C82H165N2O6P/c1-6-8-10-12-14-16-18-20-22-24-26-28-30-32-34-36-37-38-39-40-41-42-43-44-45-46-48-50-52-54-56-58-60-62-64-66-68-70-72-74-76-82(86)83-80(79-90-91(87,88)89-78-77-84(3,4)5)81(85)75-73-71-69-67-65-63-61-59-57-55-53-51-49-47-35-33-31-29-27-25-23-21-19-17-15-13-11-9-7-2/h73,75,80-81,85H,6-72,74,76-79H2,1-5H3,(H-,83,86,87,88)/b75-73+. The summed E-state index contributed by atoms with van der Waals surface area (Å²) in [5.74, 6) is -0.185. The molecule has 2 N–H and O–H groups in total. The van der Waals surface area contributed by atoms with Crippen molar-refractivity contribution in [3.63, 3.8) is 0 Å². The van der Waals surface area contributed by atoms with E-state index in [1.165, 1.54) is 398 Å². The molecule has 3 atom stereocenters. The molecule has 0 saturated carbocycles. The van der Waals surface area contributed by atoms with Gasteiger partial charge in [-0.25, -0.2) is 0 Å². The van der Waals surface area contributed by atoms with Gasteiger partial charge in [0.25, 0.3) is 7.82 Å². The number of unbranched alkanes of at least 4 members (excludes halogenated alkanes) is 66. The third-order valence-corrected chi connectivity index (χ3v) is 20.7. The van der Waals surface area contributed by atoms with Crippen molar-refractivity contribution < 1.29 is 32.9 Å². The number of amides is 1. The Morgan fingerprint density at radius 1 is 0.374 bits per heavy atom. The Bertz CT molecular complexity index is 1490. The molecule has 0 heterocycles. The highest BCUT2D eigenvalue weighted by atomic mass is 31.2. The van der Waals surface area contributed by atoms with Crippen molar-refractivity contribution >= 4 is 13.7 Å². The Labute approximate surface area is 571 Å². The fraction of sp³-hybridized carbons (Fsp3) is 0.963. The number of carbonyl (C=O) groups is 1. The molecule has 0 aliphatic carbocycles. The second kappa shape index (κ2) is 73.5. The predicted octanol–water partition coefficient (Wildman–Crippen LogP) is 26.6. The number of hydrogen-bond donors (Lipinski definition) is 2. The van der Waals surface area contributed by atoms with Crippen LogP contribution in [0, 0.1) is 0 Å². The molecule has 0 spiro atoms. The summed E-state index contributed by atoms with van der Waals surface area (Å²) in [4.78, 5) is 25.7. The molecule has 0 aromatic carbocycles. The molecule has 1 amide bonds. The minimum Gasteiger partial charge on any atom is -0.756 e. The molecule has 544 valence electrons. The number of hydrogen-bond acceptors (Lipinski definition) is 6. The van der Waals surface area contributed by atoms with Crippen LogP contribution in [-0.4, -0.2) is 68.5 Å². The van der Waals surface area contributed by atoms with E-state index >= 15 is 0 Å². The van der Waals surface area contributed by atoms with E-state index in [0.717, 1.165) is 38.5 Å². The van der Waals surface area contributed by atoms with Gasteiger partial charge in [0.1, 0.15) is 13.2 Å². The van der Waals surface area contributed by atoms with E-state index in [2.05, 4.69) is 19.2 Å². The van der Waals surface area contributed by atoms with Gasteiger partial charge >= 0.3 is 0 Å². The van der Waals surface area contributed by atoms with Gasteiger partial charge in [-0.2, -0.15) is 0 Å². The lowest BCUT2D eigenvalue weighted by Gasteiger charge is -2.29. The smallest absolute Gasteiger partial charge is 0.268 e. The molecule has 0 aliphatic rings. The molecule has 8 nitrogen and oxygen atoms in total. The molecule has 91 heavy (non-hydrogen) atoms. The van der Waals surface area contributed by atoms with Crippen LogP contribution in [0.3, 0.4) is 0 Å². The zero-order valence-corrected chi connectivity index (χ0v) is 63.5. The van der Waals surface area contributed by atoms with Crippen LogP contribution in [-0.2, 0) is 18.4 Å². The van der Waals surface area contributed by atoms with Gasteiger partial charge in [-0.15, -0.1) is 0 Å². The fourth-order valence-corrected chi connectivity index (χ4v) is 14.1. The van der Waals surface area contributed by atoms with Gasteiger partial charge in [0.2, 0.25) is 5.91 Å². The predicted molar refractivity (Wildman–Crippen MR) is 399 cm³/mol. The number of aliphatic hydroxyl groups excluding tert-OH is 1. The molecule has 0 aromatic rings. The lowest BCUT2D eigenvalue weighted by molar-refractivity contribution is -0.870. The van der Waals surface area contributed by atoms with Crippen molar-refractivity contribution in [1.29, 1.82) is 0 Å². The van der Waals surface area contributed by atoms with Crippen molar-refractivity contribution in [2.24, 2.45) is 0 Å². The summed E-state index contributed by atoms with van der Waals surface area (Å²) in [7, 11) is 1.29. The number of nitrogens with one attached hydrogen (secondary N) is 1. The average molecular weight is 1310 g/mol. The summed E-state index contributed by atoms with van der Waals surface area (Å²) in [5, 5.41) is 14.0. The third kappa shape index (κ3) is 76.5. The molecule has 0 aromatic heterocycles. The lowest BCUT2D eigenvalue weighted by atomic mass is 10.0. The summed E-state index contributed by atoms with van der Waals surface area (Å²) in [5.41, 5.74) is 0. The number of rotatable bonds is 79. The van der Waals surface area contributed by atoms with Gasteiger partial charge in [0.05, 0.1) is 39.9 Å². The number of phosphoric acid groups is 1. The van der Waals surface area contributed by atoms with Crippen LogP contribution >= 0.6 is 7.82 Å². The van der Waals surface area contributed by atoms with E-state index in [4.69, 9.17) is 9.05 Å². The summed E-state index contributed by atoms with van der Waals surface area (Å²) >= 11 is 0. The molecular weight excluding hydrogens is 1140 g/mol. The van der Waals surface area contributed by atoms with Gasteiger partial charge in [0, 0.05) is 6.42 Å². The van der Waals surface area contributed by atoms with Crippen molar-refractivity contribution in [3.05, 3.63) is 12.2 Å². The number of allylic oxidation sites excluding steroid dienone is 1. The van der Waals surface area contributed by atoms with Crippen molar-refractivity contribution in [2.45, 2.75) is 469 Å². The van der Waals surface area contributed by atoms with Crippen molar-refractivity contribution in [1.82, 2.24) is 5.32 Å². The highest BCUT2D eigenvalue weighted by molar-refractivity contribution is 7.45. The van der Waals surface area contributed by atoms with E-state index < -0.39 is 20.0 Å². The number of likely N-dealkylation sites (N-methyl/N-ethyl adjacent to an activating group) is 1. The van der Waals surface area contributed by atoms with Gasteiger partial charge in [-0.05, 0) is 19.3 Å². The maximum absolute atomic E-state index is 13.1. The van der Waals surface area contributed by atoms with E-state index in [-0.39, 0.29) is 19.1 Å². The first-order valence-corrected chi connectivity index (χ1v) is 43.0. The Morgan fingerprint density at radius 2 is 0.593 bits per heavy atom. The number of nitrogens with zero attached hydrogens (tertiary/aromatic N) is 1. The molecule has 0 bridgehead atoms. The molecule has 0 saturated heterocycles. The SMILES string of the molecule is CCCCCCCCCCCCCCCCCCCCCCCCCCCCC/C=C/C(O)C(COP(=O)([O-])OCC[N+](C)(C)C)NC(=O)CCCCCCCCCCCCCCCCCCCCCCCCCCCCCCCCCCCCCCCCCC. The molecule has 0 fully saturated rings. The fourth-order valence-electron chi connectivity index (χ4n) is 13.3. The normalized spacial score (nSPS) is 13.4. The monoisotopic (exact) mass is 1310 g/mol. The number of aliphatic hydroxyl groups is 1. The topological polar surface area (TPSA) is 108 Å². The summed E-state index contributed by atoms with van der Waals surface area (Å²) < 4.78 is 23.5. The minimum absolute atomic E-state index is 0.00318. The zero-order chi connectivity index (χ0) is 66.2. The largest absolute Gasteiger partial charge is 0.756 e. The zero-order valence-electron chi connectivity index (χ0n) is 62.6. The van der Waals surface area contributed by atoms with Crippen LogP contribution in [0.5, 0.6) is 0 Å². The van der Waals surface area contributed by atoms with Crippen molar-refractivity contribution in [3.8, 4) is 0 Å². The van der Waals surface area contributed by atoms with Crippen molar-refractivity contribution in [2.75, 3.05) is 40.9 Å². The summed E-state index contributed by atoms with van der Waals surface area (Å²) in [6, 6.07) is -0.885. The van der Waals surface area contributed by atoms with Crippen LogP contribution < -0.4 is 10.2 Å². The third-order valence-electron chi connectivity index (χ3n) is 19.7. The van der Waals surface area contributed by atoms with E-state index in [0.29, 0.717) is 17.4 Å². The van der Waals surface area contributed by atoms with Crippen LogP contribution in [0.1, 0.15) is 457 Å². The molecule has 0 rings (SSSR count). The average Bonchev–Trinajstić information content (AvgIpc) is 3.73. The van der Waals surface area contributed by atoms with Gasteiger partial charge in [0.15, 0.2) is 0 Å². The second-order valence-electron chi connectivity index (χ2n) is 30.2. The van der Waals surface area contributed by atoms with Crippen LogP contribution in [0.4, 0.5) is 0 Å². The Balaban J connectivity index is 3.88. The molecule has 0 radical (unpaired) electrons. The first kappa shape index (κ1) is 90.2. The molecule has 3 unspecified atom stereocenters. The highest BCUT2D eigenvalue weighted by Crippen LogP contribution is 2.38. The maximum atomic E-state index is 13.1. The van der Waals surface area contributed by atoms with Crippen LogP contribution in [0.25, 0.3) is 0 Å². The highest BCUT2D eigenvalue weighted by Gasteiger charge is 2.23. The quantitative estimate of drug-likeness (QED) is 0.0272. The molecule has 0 aliphatic heterocycles. The van der Waals surface area contributed by atoms with E-state index in [9.17, 15) is 19.4 Å². The Kier molecular flexibility index (Phi) is 72.9. The molecule has 9 heteroatoms. The first-order valence-electron chi connectivity index (χ1n) is 41.6. The Hall–Kier alpha value is -0.760. The van der Waals surface area contributed by atoms with Crippen LogP contribution in [0.2, 0.25) is 0 Å². The first-order chi connectivity index (χ1) is 44.5. The van der Waals surface area contributed by atoms with Gasteiger partial charge < -0.3 is 28.8 Å². The second-order valence-corrected chi connectivity index (χ2v) is 31.6. The number of quaternary nitrogens is 1. The van der Waals surface area contributed by atoms with Gasteiger partial charge in [-0.3, -0.25) is 9.36 Å². The summed E-state index contributed by atoms with van der Waals surface area (Å²) in [6.45, 7) is 4.74. The lowest BCUT2D eigenvalue weighted by Crippen LogP contribution is -2.45. The van der Waals surface area contributed by atoms with E-state index in [1.807, 2.05) is 27.2 Å². The summed E-state index contributed by atoms with van der Waals surface area (Å²) in [6.07, 6.45) is 96.9. The maximum Gasteiger partial charge on any atom is 0.268 e. The molecular formula is C82H165N2O6P. The number of carbonyl (C=O) groups excluding carboxylic acids is 1. The van der Waals surface area contributed by atoms with E-state index in [1.54, 1.807) is 6.08 Å². The van der Waals surface area contributed by atoms with Gasteiger partial charge in [-0.1, -0.05) is 443 Å².